The Balaban J connectivity index is 1.49. The molecule has 1 atom stereocenters. The number of rotatable bonds is 10. The Hall–Kier alpha value is -4.44. The molecule has 40 heavy (non-hydrogen) atoms. The number of ether oxygens (including phenoxy) is 3. The lowest BCUT2D eigenvalue weighted by Crippen LogP contribution is -2.26. The van der Waals surface area contributed by atoms with Crippen molar-refractivity contribution in [2.45, 2.75) is 12.3 Å². The second kappa shape index (κ2) is 11.7. The number of halogens is 1. The Bertz CT molecular complexity index is 1520. The number of likely N-dealkylation sites (tertiary alicyclic amines) is 1. The first kappa shape index (κ1) is 27.1. The van der Waals surface area contributed by atoms with Crippen molar-refractivity contribution < 1.29 is 23.4 Å². The maximum atomic E-state index is 14.6. The number of fused-ring (bicyclic) bond motifs is 1. The van der Waals surface area contributed by atoms with Crippen LogP contribution in [0, 0.1) is 5.82 Å². The van der Waals surface area contributed by atoms with Gasteiger partial charge in [0.15, 0.2) is 11.5 Å². The van der Waals surface area contributed by atoms with Crippen LogP contribution in [0.4, 0.5) is 4.39 Å². The largest absolute Gasteiger partial charge is 0.494 e. The van der Waals surface area contributed by atoms with E-state index in [4.69, 9.17) is 19.2 Å². The van der Waals surface area contributed by atoms with Crippen molar-refractivity contribution in [3.63, 3.8) is 0 Å². The minimum absolute atomic E-state index is 0.0161. The maximum absolute atomic E-state index is 14.6. The van der Waals surface area contributed by atoms with Gasteiger partial charge in [0.25, 0.3) is 0 Å². The number of likely N-dealkylation sites (N-methyl/N-ethyl adjacent to an activating group) is 1. The molecule has 1 saturated heterocycles. The molecule has 0 radical (unpaired) electrons. The summed E-state index contributed by atoms with van der Waals surface area (Å²) in [5.74, 6) is 1.43. The van der Waals surface area contributed by atoms with E-state index in [2.05, 4.69) is 11.6 Å². The summed E-state index contributed by atoms with van der Waals surface area (Å²) in [7, 11) is 5.39. The third-order valence-corrected chi connectivity index (χ3v) is 6.87. The average molecular weight is 546 g/mol. The van der Waals surface area contributed by atoms with Crippen LogP contribution in [0.3, 0.4) is 0 Å². The van der Waals surface area contributed by atoms with Gasteiger partial charge in [-0.2, -0.15) is 4.39 Å². The SMILES string of the molecule is C=CC(=O)N1CC[C@@H](c2nc(-c3ccc(Oc4cccc(OC)c4F)cc3)c3cncc(OCCN(C)C)n23)C1. The normalized spacial score (nSPS) is 15.0. The van der Waals surface area contributed by atoms with E-state index in [0.717, 1.165) is 35.6 Å². The lowest BCUT2D eigenvalue weighted by molar-refractivity contribution is -0.125. The summed E-state index contributed by atoms with van der Waals surface area (Å²) < 4.78 is 33.6. The minimum atomic E-state index is -0.563. The van der Waals surface area contributed by atoms with Gasteiger partial charge in [-0.25, -0.2) is 4.98 Å². The summed E-state index contributed by atoms with van der Waals surface area (Å²) in [6, 6.07) is 12.0. The van der Waals surface area contributed by atoms with Crippen LogP contribution in [0.5, 0.6) is 23.1 Å². The standard InChI is InChI=1S/C30H32FN5O4/c1-5-26(37)35-14-13-21(19-35)30-33-29(23-17-32-18-27(36(23)30)39-16-15-34(2)3)20-9-11-22(12-10-20)40-25-8-6-7-24(38-4)28(25)31/h5-12,17-18,21H,1,13-16,19H2,2-4H3/t21-/m1/s1. The van der Waals surface area contributed by atoms with Gasteiger partial charge in [-0.1, -0.05) is 12.6 Å². The first-order valence-electron chi connectivity index (χ1n) is 13.1. The maximum Gasteiger partial charge on any atom is 0.245 e. The second-order valence-corrected chi connectivity index (χ2v) is 9.81. The van der Waals surface area contributed by atoms with Crippen molar-refractivity contribution in [1.82, 2.24) is 24.2 Å². The van der Waals surface area contributed by atoms with Gasteiger partial charge in [-0.15, -0.1) is 0 Å². The number of amides is 1. The molecule has 0 unspecified atom stereocenters. The number of nitrogens with zero attached hydrogens (tertiary/aromatic N) is 5. The molecule has 208 valence electrons. The average Bonchev–Trinajstić information content (AvgIpc) is 3.60. The molecule has 0 spiro atoms. The number of aromatic nitrogens is 3. The molecule has 4 aromatic rings. The molecule has 0 bridgehead atoms. The van der Waals surface area contributed by atoms with Gasteiger partial charge in [0.2, 0.25) is 17.6 Å². The number of carbonyl (C=O) groups is 1. The van der Waals surface area contributed by atoms with E-state index >= 15 is 0 Å². The fraction of sp³-hybridized carbons (Fsp3) is 0.300. The highest BCUT2D eigenvalue weighted by Gasteiger charge is 2.31. The Morgan fingerprint density at radius 2 is 1.95 bits per heavy atom. The molecule has 1 fully saturated rings. The topological polar surface area (TPSA) is 81.4 Å². The molecular weight excluding hydrogens is 513 g/mol. The smallest absolute Gasteiger partial charge is 0.245 e. The molecule has 5 rings (SSSR count). The van der Waals surface area contributed by atoms with Gasteiger partial charge in [-0.3, -0.25) is 14.2 Å². The zero-order chi connectivity index (χ0) is 28.2. The Kier molecular flexibility index (Phi) is 7.97. The molecule has 1 aliphatic heterocycles. The van der Waals surface area contributed by atoms with Crippen LogP contribution in [-0.4, -0.2) is 77.5 Å². The van der Waals surface area contributed by atoms with E-state index in [1.807, 2.05) is 35.5 Å². The number of imidazole rings is 1. The predicted octanol–water partition coefficient (Wildman–Crippen LogP) is 4.78. The second-order valence-electron chi connectivity index (χ2n) is 9.81. The summed E-state index contributed by atoms with van der Waals surface area (Å²) in [5, 5.41) is 0. The Morgan fingerprint density at radius 3 is 2.67 bits per heavy atom. The zero-order valence-corrected chi connectivity index (χ0v) is 22.8. The highest BCUT2D eigenvalue weighted by atomic mass is 19.1. The van der Waals surface area contributed by atoms with E-state index in [0.29, 0.717) is 31.3 Å². The molecule has 0 N–H and O–H groups in total. The third kappa shape index (κ3) is 5.48. The summed E-state index contributed by atoms with van der Waals surface area (Å²) in [4.78, 5) is 25.6. The zero-order valence-electron chi connectivity index (χ0n) is 22.8. The quantitative estimate of drug-likeness (QED) is 0.265. The predicted molar refractivity (Wildman–Crippen MR) is 150 cm³/mol. The van der Waals surface area contributed by atoms with Crippen molar-refractivity contribution in [2.75, 3.05) is 47.4 Å². The van der Waals surface area contributed by atoms with E-state index in [1.54, 1.807) is 41.6 Å². The molecule has 10 heteroatoms. The summed E-state index contributed by atoms with van der Waals surface area (Å²) in [5.41, 5.74) is 2.36. The van der Waals surface area contributed by atoms with Crippen molar-refractivity contribution >= 4 is 11.4 Å². The summed E-state index contributed by atoms with van der Waals surface area (Å²) in [6.45, 7) is 6.03. The van der Waals surface area contributed by atoms with Gasteiger partial charge in [0.1, 0.15) is 18.2 Å². The van der Waals surface area contributed by atoms with Gasteiger partial charge in [-0.05, 0) is 63.0 Å². The van der Waals surface area contributed by atoms with Crippen LogP contribution in [0.2, 0.25) is 0 Å². The molecule has 0 saturated carbocycles. The number of carbonyl (C=O) groups excluding carboxylic acids is 1. The number of benzene rings is 2. The number of hydrogen-bond acceptors (Lipinski definition) is 7. The molecule has 2 aromatic heterocycles. The molecule has 1 aliphatic rings. The van der Waals surface area contributed by atoms with E-state index in [-0.39, 0.29) is 23.3 Å². The monoisotopic (exact) mass is 545 g/mol. The van der Waals surface area contributed by atoms with Crippen molar-refractivity contribution in [1.29, 1.82) is 0 Å². The van der Waals surface area contributed by atoms with E-state index < -0.39 is 5.82 Å². The van der Waals surface area contributed by atoms with Crippen LogP contribution in [0.25, 0.3) is 16.8 Å². The van der Waals surface area contributed by atoms with Crippen molar-refractivity contribution in [3.8, 4) is 34.4 Å². The van der Waals surface area contributed by atoms with Crippen molar-refractivity contribution in [2.24, 2.45) is 0 Å². The van der Waals surface area contributed by atoms with E-state index in [9.17, 15) is 9.18 Å². The molecule has 2 aromatic carbocycles. The summed E-state index contributed by atoms with van der Waals surface area (Å²) >= 11 is 0. The molecular formula is C30H32FN5O4. The molecule has 0 aliphatic carbocycles. The van der Waals surface area contributed by atoms with Gasteiger partial charge in [0.05, 0.1) is 30.7 Å². The van der Waals surface area contributed by atoms with Gasteiger partial charge < -0.3 is 24.0 Å². The van der Waals surface area contributed by atoms with Gasteiger partial charge in [0, 0.05) is 31.1 Å². The summed E-state index contributed by atoms with van der Waals surface area (Å²) in [6.07, 6.45) is 5.58. The first-order chi connectivity index (χ1) is 19.4. The van der Waals surface area contributed by atoms with Crippen molar-refractivity contribution in [3.05, 3.63) is 79.2 Å². The van der Waals surface area contributed by atoms with Crippen LogP contribution in [0.15, 0.2) is 67.5 Å². The highest BCUT2D eigenvalue weighted by molar-refractivity contribution is 5.87. The molecule has 1 amide bonds. The number of hydrogen-bond donors (Lipinski definition) is 0. The highest BCUT2D eigenvalue weighted by Crippen LogP contribution is 2.36. The van der Waals surface area contributed by atoms with Gasteiger partial charge >= 0.3 is 0 Å². The molecule has 3 heterocycles. The van der Waals surface area contributed by atoms with Crippen LogP contribution >= 0.6 is 0 Å². The third-order valence-electron chi connectivity index (χ3n) is 6.87. The fourth-order valence-corrected chi connectivity index (χ4v) is 4.79. The Morgan fingerprint density at radius 1 is 1.18 bits per heavy atom. The lowest BCUT2D eigenvalue weighted by Gasteiger charge is -2.16. The Labute approximate surface area is 232 Å². The van der Waals surface area contributed by atoms with E-state index in [1.165, 1.54) is 19.3 Å². The van der Waals surface area contributed by atoms with Crippen LogP contribution in [0.1, 0.15) is 18.2 Å². The van der Waals surface area contributed by atoms with Crippen LogP contribution < -0.4 is 14.2 Å². The lowest BCUT2D eigenvalue weighted by atomic mass is 10.1. The number of methoxy groups -OCH3 is 1. The fourth-order valence-electron chi connectivity index (χ4n) is 4.79. The minimum Gasteiger partial charge on any atom is -0.494 e. The molecule has 9 nitrogen and oxygen atoms in total. The first-order valence-corrected chi connectivity index (χ1v) is 13.1. The van der Waals surface area contributed by atoms with Crippen LogP contribution in [-0.2, 0) is 4.79 Å².